The predicted octanol–water partition coefficient (Wildman–Crippen LogP) is 4.62. The summed E-state index contributed by atoms with van der Waals surface area (Å²) in [5.41, 5.74) is 1.83. The van der Waals surface area contributed by atoms with Crippen LogP contribution in [0.15, 0.2) is 36.4 Å². The van der Waals surface area contributed by atoms with E-state index in [0.717, 1.165) is 49.5 Å². The molecule has 1 fully saturated rings. The molecule has 2 heterocycles. The first kappa shape index (κ1) is 19.4. The molecule has 1 unspecified atom stereocenters. The molecule has 1 atom stereocenters. The van der Waals surface area contributed by atoms with Crippen LogP contribution in [0, 0.1) is 5.92 Å². The lowest BCUT2D eigenvalue weighted by Gasteiger charge is -2.32. The minimum Gasteiger partial charge on any atom is -0.486 e. The van der Waals surface area contributed by atoms with Gasteiger partial charge in [0.2, 0.25) is 5.91 Å². The van der Waals surface area contributed by atoms with Crippen molar-refractivity contribution in [3.8, 4) is 11.5 Å². The van der Waals surface area contributed by atoms with Crippen LogP contribution in [-0.4, -0.2) is 37.1 Å². The van der Waals surface area contributed by atoms with Gasteiger partial charge in [0.25, 0.3) is 0 Å². The van der Waals surface area contributed by atoms with E-state index < -0.39 is 0 Å². The molecule has 148 valence electrons. The molecule has 0 bridgehead atoms. The molecule has 2 aliphatic heterocycles. The lowest BCUT2D eigenvalue weighted by atomic mass is 9.96. The first-order chi connectivity index (χ1) is 13.6. The number of carbonyl (C=O) groups excluding carboxylic acids is 1. The molecule has 2 aromatic carbocycles. The number of likely N-dealkylation sites (tertiary alicyclic amines) is 1. The maximum atomic E-state index is 12.8. The van der Waals surface area contributed by atoms with E-state index in [2.05, 4.69) is 10.2 Å². The summed E-state index contributed by atoms with van der Waals surface area (Å²) in [5.74, 6) is 1.38. The Hall–Kier alpha value is -1.95. The van der Waals surface area contributed by atoms with Crippen LogP contribution in [0.4, 0.5) is 5.69 Å². The van der Waals surface area contributed by atoms with E-state index in [4.69, 9.17) is 32.7 Å². The van der Waals surface area contributed by atoms with Crippen LogP contribution in [0.2, 0.25) is 10.0 Å². The molecule has 0 radical (unpaired) electrons. The van der Waals surface area contributed by atoms with Gasteiger partial charge in [-0.05, 0) is 49.2 Å². The van der Waals surface area contributed by atoms with Gasteiger partial charge in [-0.3, -0.25) is 9.69 Å². The molecule has 0 spiro atoms. The summed E-state index contributed by atoms with van der Waals surface area (Å²) < 4.78 is 11.1. The summed E-state index contributed by atoms with van der Waals surface area (Å²) in [6.45, 7) is 3.52. The molecule has 2 aromatic rings. The normalized spacial score (nSPS) is 19.3. The third kappa shape index (κ3) is 4.54. The van der Waals surface area contributed by atoms with Crippen LogP contribution in [0.3, 0.4) is 0 Å². The summed E-state index contributed by atoms with van der Waals surface area (Å²) in [6.07, 6.45) is 1.87. The Bertz CT molecular complexity index is 875. The highest BCUT2D eigenvalue weighted by Gasteiger charge is 2.26. The zero-order valence-corrected chi connectivity index (χ0v) is 16.9. The first-order valence-corrected chi connectivity index (χ1v) is 10.2. The summed E-state index contributed by atoms with van der Waals surface area (Å²) in [6, 6.07) is 11.2. The minimum absolute atomic E-state index is 0.0375. The van der Waals surface area contributed by atoms with E-state index >= 15 is 0 Å². The Kier molecular flexibility index (Phi) is 5.95. The topological polar surface area (TPSA) is 50.8 Å². The van der Waals surface area contributed by atoms with Crippen molar-refractivity contribution in [2.75, 3.05) is 31.6 Å². The zero-order valence-electron chi connectivity index (χ0n) is 15.4. The number of hydrogen-bond acceptors (Lipinski definition) is 4. The highest BCUT2D eigenvalue weighted by atomic mass is 35.5. The number of halogens is 2. The standard InChI is InChI=1S/C21H22Cl2N2O3/c22-17-5-3-14(10-18(17)23)12-25-7-1-2-15(13-25)21(26)24-16-4-6-19-20(11-16)28-9-8-27-19/h3-6,10-11,15H,1-2,7-9,12-13H2,(H,24,26). The molecule has 1 N–H and O–H groups in total. The van der Waals surface area contributed by atoms with E-state index in [9.17, 15) is 4.79 Å². The van der Waals surface area contributed by atoms with Crippen molar-refractivity contribution in [1.29, 1.82) is 0 Å². The van der Waals surface area contributed by atoms with Crippen molar-refractivity contribution in [2.45, 2.75) is 19.4 Å². The molecular formula is C21H22Cl2N2O3. The largest absolute Gasteiger partial charge is 0.486 e. The van der Waals surface area contributed by atoms with Gasteiger partial charge in [-0.2, -0.15) is 0 Å². The number of ether oxygens (including phenoxy) is 2. The van der Waals surface area contributed by atoms with E-state index in [0.29, 0.717) is 29.0 Å². The quantitative estimate of drug-likeness (QED) is 0.783. The van der Waals surface area contributed by atoms with Gasteiger partial charge in [0.15, 0.2) is 11.5 Å². The van der Waals surface area contributed by atoms with Crippen molar-refractivity contribution in [1.82, 2.24) is 4.90 Å². The van der Waals surface area contributed by atoms with Crippen molar-refractivity contribution in [3.05, 3.63) is 52.0 Å². The van der Waals surface area contributed by atoms with Crippen LogP contribution in [-0.2, 0) is 11.3 Å². The molecule has 0 aliphatic carbocycles. The number of hydrogen-bond donors (Lipinski definition) is 1. The van der Waals surface area contributed by atoms with Crippen molar-refractivity contribution in [3.63, 3.8) is 0 Å². The van der Waals surface area contributed by atoms with Gasteiger partial charge >= 0.3 is 0 Å². The number of nitrogens with one attached hydrogen (secondary N) is 1. The third-order valence-corrected chi connectivity index (χ3v) is 5.82. The van der Waals surface area contributed by atoms with Gasteiger partial charge in [-0.25, -0.2) is 0 Å². The van der Waals surface area contributed by atoms with Crippen molar-refractivity contribution in [2.24, 2.45) is 5.92 Å². The smallest absolute Gasteiger partial charge is 0.228 e. The van der Waals surface area contributed by atoms with Crippen LogP contribution in [0.5, 0.6) is 11.5 Å². The number of rotatable bonds is 4. The summed E-state index contributed by atoms with van der Waals surface area (Å²) >= 11 is 12.1. The zero-order chi connectivity index (χ0) is 19.5. The summed E-state index contributed by atoms with van der Waals surface area (Å²) in [4.78, 5) is 15.1. The molecule has 28 heavy (non-hydrogen) atoms. The van der Waals surface area contributed by atoms with E-state index in [1.165, 1.54) is 0 Å². The molecule has 0 aromatic heterocycles. The second-order valence-electron chi connectivity index (χ2n) is 7.17. The number of piperidine rings is 1. The average molecular weight is 421 g/mol. The summed E-state index contributed by atoms with van der Waals surface area (Å²) in [5, 5.41) is 4.14. The Balaban J connectivity index is 1.37. The predicted molar refractivity (Wildman–Crippen MR) is 111 cm³/mol. The highest BCUT2D eigenvalue weighted by molar-refractivity contribution is 6.42. The van der Waals surface area contributed by atoms with Crippen molar-refractivity contribution >= 4 is 34.8 Å². The highest BCUT2D eigenvalue weighted by Crippen LogP contribution is 2.33. The SMILES string of the molecule is O=C(Nc1ccc2c(c1)OCCO2)C1CCCN(Cc2ccc(Cl)c(Cl)c2)C1. The van der Waals surface area contributed by atoms with Crippen LogP contribution < -0.4 is 14.8 Å². The molecule has 2 aliphatic rings. The van der Waals surface area contributed by atoms with Crippen molar-refractivity contribution < 1.29 is 14.3 Å². The second-order valence-corrected chi connectivity index (χ2v) is 7.98. The average Bonchev–Trinajstić information content (AvgIpc) is 2.71. The Labute approximate surface area is 174 Å². The monoisotopic (exact) mass is 420 g/mol. The van der Waals surface area contributed by atoms with Gasteiger partial charge in [-0.1, -0.05) is 29.3 Å². The van der Waals surface area contributed by atoms with Gasteiger partial charge in [0.1, 0.15) is 13.2 Å². The van der Waals surface area contributed by atoms with Gasteiger partial charge in [0, 0.05) is 24.8 Å². The Morgan fingerprint density at radius 2 is 1.89 bits per heavy atom. The lowest BCUT2D eigenvalue weighted by molar-refractivity contribution is -0.121. The molecule has 1 saturated heterocycles. The fourth-order valence-corrected chi connectivity index (χ4v) is 4.00. The first-order valence-electron chi connectivity index (χ1n) is 9.45. The Morgan fingerprint density at radius 1 is 1.07 bits per heavy atom. The van der Waals surface area contributed by atoms with Crippen LogP contribution >= 0.6 is 23.2 Å². The number of nitrogens with zero attached hydrogens (tertiary/aromatic N) is 1. The van der Waals surface area contributed by atoms with E-state index in [1.807, 2.05) is 36.4 Å². The maximum absolute atomic E-state index is 12.8. The van der Waals surface area contributed by atoms with E-state index in [1.54, 1.807) is 0 Å². The molecular weight excluding hydrogens is 399 g/mol. The third-order valence-electron chi connectivity index (χ3n) is 5.08. The number of benzene rings is 2. The van der Waals surface area contributed by atoms with Gasteiger partial charge in [0.05, 0.1) is 16.0 Å². The summed E-state index contributed by atoms with van der Waals surface area (Å²) in [7, 11) is 0. The number of amides is 1. The fourth-order valence-electron chi connectivity index (χ4n) is 3.67. The van der Waals surface area contributed by atoms with Gasteiger partial charge in [-0.15, -0.1) is 0 Å². The number of fused-ring (bicyclic) bond motifs is 1. The van der Waals surface area contributed by atoms with Crippen LogP contribution in [0.1, 0.15) is 18.4 Å². The Morgan fingerprint density at radius 3 is 2.71 bits per heavy atom. The second kappa shape index (κ2) is 8.60. The maximum Gasteiger partial charge on any atom is 0.228 e. The van der Waals surface area contributed by atoms with E-state index in [-0.39, 0.29) is 11.8 Å². The molecule has 7 heteroatoms. The molecule has 0 saturated carbocycles. The number of carbonyl (C=O) groups is 1. The fraction of sp³-hybridized carbons (Fsp3) is 0.381. The molecule has 5 nitrogen and oxygen atoms in total. The lowest BCUT2D eigenvalue weighted by Crippen LogP contribution is -2.40. The molecule has 4 rings (SSSR count). The van der Waals surface area contributed by atoms with Gasteiger partial charge < -0.3 is 14.8 Å². The minimum atomic E-state index is -0.0512. The molecule has 1 amide bonds. The van der Waals surface area contributed by atoms with Crippen LogP contribution in [0.25, 0.3) is 0 Å². The number of anilines is 1.